The summed E-state index contributed by atoms with van der Waals surface area (Å²) < 4.78 is 6.82. The third kappa shape index (κ3) is 3.78. The Bertz CT molecular complexity index is 540. The summed E-state index contributed by atoms with van der Waals surface area (Å²) in [5, 5.41) is 5.55. The Morgan fingerprint density at radius 3 is 3.11 bits per heavy atom. The van der Waals surface area contributed by atoms with Crippen molar-refractivity contribution >= 4 is 27.3 Å². The molecule has 5 heteroatoms. The first-order chi connectivity index (χ1) is 9.31. The first-order valence-electron chi connectivity index (χ1n) is 6.34. The number of rotatable bonds is 6. The van der Waals surface area contributed by atoms with Crippen LogP contribution < -0.4 is 10.1 Å². The first-order valence-corrected chi connectivity index (χ1v) is 8.01. The summed E-state index contributed by atoms with van der Waals surface area (Å²) >= 11 is 5.17. The summed E-state index contributed by atoms with van der Waals surface area (Å²) in [6, 6.07) is 6.87. The molecule has 1 aliphatic carbocycles. The maximum atomic E-state index is 5.83. The normalized spacial score (nSPS) is 14.6. The van der Waals surface area contributed by atoms with E-state index in [2.05, 4.69) is 43.7 Å². The molecule has 0 atom stereocenters. The van der Waals surface area contributed by atoms with Crippen LogP contribution in [-0.2, 0) is 13.2 Å². The van der Waals surface area contributed by atoms with Gasteiger partial charge < -0.3 is 10.1 Å². The van der Waals surface area contributed by atoms with Crippen LogP contribution in [0.1, 0.15) is 23.3 Å². The topological polar surface area (TPSA) is 34.1 Å². The summed E-state index contributed by atoms with van der Waals surface area (Å²) in [7, 11) is 0. The van der Waals surface area contributed by atoms with Crippen molar-refractivity contribution in [3.05, 3.63) is 44.7 Å². The average molecular weight is 339 g/mol. The summed E-state index contributed by atoms with van der Waals surface area (Å²) in [6.45, 7) is 1.40. The molecule has 0 radical (unpaired) electrons. The lowest BCUT2D eigenvalue weighted by atomic mass is 10.2. The molecule has 0 unspecified atom stereocenters. The molecular formula is C14H15BrN2OS. The van der Waals surface area contributed by atoms with Crippen LogP contribution in [0.3, 0.4) is 0 Å². The second-order valence-corrected chi connectivity index (χ2v) is 6.59. The van der Waals surface area contributed by atoms with Crippen molar-refractivity contribution in [3.8, 4) is 5.88 Å². The van der Waals surface area contributed by atoms with Crippen LogP contribution in [0.2, 0.25) is 0 Å². The van der Waals surface area contributed by atoms with E-state index in [-0.39, 0.29) is 0 Å². The molecule has 2 aromatic rings. The predicted molar refractivity (Wildman–Crippen MR) is 80.4 cm³/mol. The van der Waals surface area contributed by atoms with Crippen molar-refractivity contribution in [1.82, 2.24) is 10.3 Å². The standard InChI is InChI=1S/C14H15BrN2OS/c15-11-6-10(7-16-12-3-4-12)14(17-8-11)18-9-13-2-1-5-19-13/h1-2,5-6,8,12,16H,3-4,7,9H2. The van der Waals surface area contributed by atoms with E-state index in [1.54, 1.807) is 17.5 Å². The fraction of sp³-hybridized carbons (Fsp3) is 0.357. The molecule has 0 amide bonds. The number of nitrogens with zero attached hydrogens (tertiary/aromatic N) is 1. The highest BCUT2D eigenvalue weighted by Crippen LogP contribution is 2.24. The van der Waals surface area contributed by atoms with E-state index in [0.29, 0.717) is 12.6 Å². The second-order valence-electron chi connectivity index (χ2n) is 4.64. The van der Waals surface area contributed by atoms with Crippen LogP contribution in [0.4, 0.5) is 0 Å². The van der Waals surface area contributed by atoms with Crippen molar-refractivity contribution in [2.45, 2.75) is 32.0 Å². The van der Waals surface area contributed by atoms with Crippen LogP contribution in [0.5, 0.6) is 5.88 Å². The van der Waals surface area contributed by atoms with Gasteiger partial charge in [-0.2, -0.15) is 0 Å². The van der Waals surface area contributed by atoms with Gasteiger partial charge in [0.1, 0.15) is 6.61 Å². The van der Waals surface area contributed by atoms with E-state index in [1.165, 1.54) is 17.7 Å². The van der Waals surface area contributed by atoms with Crippen LogP contribution in [0, 0.1) is 0 Å². The molecule has 0 bridgehead atoms. The molecule has 3 rings (SSSR count). The van der Waals surface area contributed by atoms with Gasteiger partial charge in [-0.05, 0) is 46.3 Å². The van der Waals surface area contributed by atoms with Gasteiger partial charge in [0, 0.05) is 33.7 Å². The molecule has 0 aliphatic heterocycles. The molecule has 19 heavy (non-hydrogen) atoms. The van der Waals surface area contributed by atoms with Crippen molar-refractivity contribution in [2.75, 3.05) is 0 Å². The summed E-state index contributed by atoms with van der Waals surface area (Å²) in [6.07, 6.45) is 4.35. The fourth-order valence-corrected chi connectivity index (χ4v) is 2.80. The monoisotopic (exact) mass is 338 g/mol. The van der Waals surface area contributed by atoms with Crippen LogP contribution in [0.15, 0.2) is 34.2 Å². The van der Waals surface area contributed by atoms with Crippen molar-refractivity contribution in [1.29, 1.82) is 0 Å². The Labute approximate surface area is 125 Å². The van der Waals surface area contributed by atoms with Crippen LogP contribution in [0.25, 0.3) is 0 Å². The summed E-state index contributed by atoms with van der Waals surface area (Å²) in [5.41, 5.74) is 1.11. The molecule has 1 N–H and O–H groups in total. The Morgan fingerprint density at radius 2 is 2.37 bits per heavy atom. The van der Waals surface area contributed by atoms with Gasteiger partial charge in [0.2, 0.25) is 5.88 Å². The Balaban J connectivity index is 1.67. The van der Waals surface area contributed by atoms with Crippen LogP contribution >= 0.6 is 27.3 Å². The number of thiophene rings is 1. The van der Waals surface area contributed by atoms with Crippen LogP contribution in [-0.4, -0.2) is 11.0 Å². The highest BCUT2D eigenvalue weighted by atomic mass is 79.9. The molecule has 0 spiro atoms. The minimum Gasteiger partial charge on any atom is -0.472 e. The third-order valence-corrected chi connectivity index (χ3v) is 4.27. The lowest BCUT2D eigenvalue weighted by Gasteiger charge is -2.10. The molecule has 3 nitrogen and oxygen atoms in total. The average Bonchev–Trinajstić information content (AvgIpc) is 3.10. The SMILES string of the molecule is Brc1cnc(OCc2cccs2)c(CNC2CC2)c1. The van der Waals surface area contributed by atoms with Gasteiger partial charge >= 0.3 is 0 Å². The van der Waals surface area contributed by atoms with E-state index < -0.39 is 0 Å². The minimum atomic E-state index is 0.586. The van der Waals surface area contributed by atoms with Crippen molar-refractivity contribution in [2.24, 2.45) is 0 Å². The summed E-state index contributed by atoms with van der Waals surface area (Å²) in [4.78, 5) is 5.59. The second kappa shape index (κ2) is 6.03. The molecule has 1 fully saturated rings. The number of hydrogen-bond acceptors (Lipinski definition) is 4. The smallest absolute Gasteiger partial charge is 0.218 e. The fourth-order valence-electron chi connectivity index (χ4n) is 1.80. The molecular weight excluding hydrogens is 324 g/mol. The van der Waals surface area contributed by atoms with Crippen molar-refractivity contribution in [3.63, 3.8) is 0 Å². The number of halogens is 1. The van der Waals surface area contributed by atoms with E-state index in [0.717, 1.165) is 22.5 Å². The molecule has 0 aromatic carbocycles. The Kier molecular flexibility index (Phi) is 4.15. The molecule has 2 heterocycles. The van der Waals surface area contributed by atoms with E-state index >= 15 is 0 Å². The molecule has 2 aromatic heterocycles. The van der Waals surface area contributed by atoms with E-state index in [4.69, 9.17) is 4.74 Å². The molecule has 1 aliphatic rings. The highest BCUT2D eigenvalue weighted by molar-refractivity contribution is 9.10. The lowest BCUT2D eigenvalue weighted by molar-refractivity contribution is 0.292. The molecule has 1 saturated carbocycles. The number of pyridine rings is 1. The van der Waals surface area contributed by atoms with E-state index in [1.807, 2.05) is 6.07 Å². The molecule has 0 saturated heterocycles. The Hall–Kier alpha value is -0.910. The van der Waals surface area contributed by atoms with Gasteiger partial charge in [-0.3, -0.25) is 0 Å². The summed E-state index contributed by atoms with van der Waals surface area (Å²) in [5.74, 6) is 0.727. The van der Waals surface area contributed by atoms with Gasteiger partial charge in [0.05, 0.1) is 0 Å². The zero-order valence-electron chi connectivity index (χ0n) is 10.4. The number of aromatic nitrogens is 1. The van der Waals surface area contributed by atoms with Crippen molar-refractivity contribution < 1.29 is 4.74 Å². The van der Waals surface area contributed by atoms with Gasteiger partial charge in [0.25, 0.3) is 0 Å². The zero-order chi connectivity index (χ0) is 13.1. The van der Waals surface area contributed by atoms with Gasteiger partial charge in [-0.25, -0.2) is 4.98 Å². The predicted octanol–water partition coefficient (Wildman–Crippen LogP) is 3.74. The van der Waals surface area contributed by atoms with Gasteiger partial charge in [-0.1, -0.05) is 6.07 Å². The van der Waals surface area contributed by atoms with Gasteiger partial charge in [0.15, 0.2) is 0 Å². The third-order valence-electron chi connectivity index (χ3n) is 2.98. The number of nitrogens with one attached hydrogen (secondary N) is 1. The maximum Gasteiger partial charge on any atom is 0.218 e. The quantitative estimate of drug-likeness (QED) is 0.871. The minimum absolute atomic E-state index is 0.586. The maximum absolute atomic E-state index is 5.83. The number of hydrogen-bond donors (Lipinski definition) is 1. The Morgan fingerprint density at radius 1 is 1.47 bits per heavy atom. The number of ether oxygens (including phenoxy) is 1. The largest absolute Gasteiger partial charge is 0.472 e. The molecule has 100 valence electrons. The highest BCUT2D eigenvalue weighted by Gasteiger charge is 2.21. The lowest BCUT2D eigenvalue weighted by Crippen LogP contribution is -2.16. The zero-order valence-corrected chi connectivity index (χ0v) is 12.8. The first kappa shape index (κ1) is 13.1. The van der Waals surface area contributed by atoms with Gasteiger partial charge in [-0.15, -0.1) is 11.3 Å². The van der Waals surface area contributed by atoms with E-state index in [9.17, 15) is 0 Å².